The molecular formula is C35H58F2N2O6. The van der Waals surface area contributed by atoms with Crippen LogP contribution >= 0.6 is 0 Å². The number of halogens is 2. The van der Waals surface area contributed by atoms with Gasteiger partial charge in [0.1, 0.15) is 0 Å². The summed E-state index contributed by atoms with van der Waals surface area (Å²) in [4.78, 5) is 45.6. The van der Waals surface area contributed by atoms with Crippen molar-refractivity contribution in [3.63, 3.8) is 0 Å². The Labute approximate surface area is 269 Å². The average molecular weight is 641 g/mol. The molecule has 1 aliphatic rings. The molecule has 0 aromatic heterocycles. The van der Waals surface area contributed by atoms with Crippen molar-refractivity contribution in [2.45, 2.75) is 161 Å². The van der Waals surface area contributed by atoms with Crippen molar-refractivity contribution in [1.82, 2.24) is 10.6 Å². The number of carbonyl (C=O) groups excluding carboxylic acids is 4. The maximum absolute atomic E-state index is 14.2. The van der Waals surface area contributed by atoms with Crippen molar-refractivity contribution in [2.75, 3.05) is 13.2 Å². The summed E-state index contributed by atoms with van der Waals surface area (Å²) < 4.78 is 38.2. The number of nitrogens with one attached hydrogen (secondary N) is 2. The monoisotopic (exact) mass is 640 g/mol. The molecule has 8 nitrogen and oxygen atoms in total. The third-order valence-corrected chi connectivity index (χ3v) is 7.81. The molecule has 2 amide bonds. The van der Waals surface area contributed by atoms with Gasteiger partial charge in [-0.25, -0.2) is 8.78 Å². The SMILES string of the molecule is CC(=O)OCCCCCCCCCCC/C=C(\F)C(=O)N[C@H]1C[C@H]1NC(=O)/C(F)=C/CCCCCCCCCCCOC(C)=O. The lowest BCUT2D eigenvalue weighted by atomic mass is 10.1. The fourth-order valence-corrected chi connectivity index (χ4v) is 5.03. The number of hydrogen-bond acceptors (Lipinski definition) is 6. The van der Waals surface area contributed by atoms with E-state index in [0.29, 0.717) is 32.5 Å². The Kier molecular flexibility index (Phi) is 23.6. The highest BCUT2D eigenvalue weighted by Crippen LogP contribution is 2.23. The van der Waals surface area contributed by atoms with E-state index in [-0.39, 0.29) is 24.0 Å². The van der Waals surface area contributed by atoms with E-state index in [0.717, 1.165) is 116 Å². The lowest BCUT2D eigenvalue weighted by Crippen LogP contribution is -2.35. The highest BCUT2D eigenvalue weighted by atomic mass is 19.1. The van der Waals surface area contributed by atoms with Gasteiger partial charge in [-0.1, -0.05) is 89.9 Å². The molecule has 0 unspecified atom stereocenters. The lowest BCUT2D eigenvalue weighted by molar-refractivity contribution is -0.142. The molecule has 0 spiro atoms. The zero-order chi connectivity index (χ0) is 33.1. The van der Waals surface area contributed by atoms with Gasteiger partial charge in [0.25, 0.3) is 11.8 Å². The van der Waals surface area contributed by atoms with Crippen molar-refractivity contribution in [2.24, 2.45) is 0 Å². The molecule has 1 saturated carbocycles. The Balaban J connectivity index is 2.00. The minimum absolute atomic E-state index is 0.229. The smallest absolute Gasteiger partial charge is 0.302 e. The number of esters is 2. The Hall–Kier alpha value is -2.78. The van der Waals surface area contributed by atoms with E-state index >= 15 is 0 Å². The highest BCUT2D eigenvalue weighted by Gasteiger charge is 2.40. The molecule has 0 aromatic rings. The van der Waals surface area contributed by atoms with E-state index in [9.17, 15) is 28.0 Å². The van der Waals surface area contributed by atoms with Crippen LogP contribution < -0.4 is 10.6 Å². The molecule has 2 atom stereocenters. The first-order chi connectivity index (χ1) is 21.7. The van der Waals surface area contributed by atoms with Gasteiger partial charge < -0.3 is 20.1 Å². The van der Waals surface area contributed by atoms with Crippen molar-refractivity contribution >= 4 is 23.8 Å². The number of carbonyl (C=O) groups is 4. The Morgan fingerprint density at radius 2 is 0.822 bits per heavy atom. The van der Waals surface area contributed by atoms with E-state index in [1.165, 1.54) is 26.0 Å². The number of allylic oxidation sites excluding steroid dienone is 2. The highest BCUT2D eigenvalue weighted by molar-refractivity contribution is 5.93. The standard InChI is InChI=1S/C35H58F2N2O6/c1-28(40)44-25-21-17-13-9-5-3-7-11-15-19-23-30(36)34(42)38-32-27-33(32)39-35(43)31(37)24-20-16-12-8-4-6-10-14-18-22-26-45-29(2)41/h23-24,32-33H,3-22,25-27H2,1-2H3,(H,38,42)(H,39,43)/b30-23-,31-24-/t32-,33+. The molecule has 258 valence electrons. The maximum Gasteiger partial charge on any atom is 0.302 e. The fraction of sp³-hybridized carbons (Fsp3) is 0.771. The minimum Gasteiger partial charge on any atom is -0.466 e. The maximum atomic E-state index is 14.2. The summed E-state index contributed by atoms with van der Waals surface area (Å²) in [5.74, 6) is -3.67. The second-order valence-electron chi connectivity index (χ2n) is 12.1. The van der Waals surface area contributed by atoms with Gasteiger partial charge in [0, 0.05) is 13.8 Å². The molecule has 10 heteroatoms. The first-order valence-electron chi connectivity index (χ1n) is 17.3. The zero-order valence-electron chi connectivity index (χ0n) is 27.8. The summed E-state index contributed by atoms with van der Waals surface area (Å²) in [5, 5.41) is 5.13. The predicted molar refractivity (Wildman–Crippen MR) is 172 cm³/mol. The predicted octanol–water partition coefficient (Wildman–Crippen LogP) is 7.99. The van der Waals surface area contributed by atoms with Crippen LogP contribution in [0.5, 0.6) is 0 Å². The largest absolute Gasteiger partial charge is 0.466 e. The number of unbranched alkanes of at least 4 members (excludes halogenated alkanes) is 18. The van der Waals surface area contributed by atoms with Crippen molar-refractivity contribution in [3.05, 3.63) is 23.8 Å². The molecule has 0 saturated heterocycles. The molecule has 0 bridgehead atoms. The summed E-state index contributed by atoms with van der Waals surface area (Å²) in [7, 11) is 0. The molecule has 45 heavy (non-hydrogen) atoms. The van der Waals surface area contributed by atoms with Crippen molar-refractivity contribution < 1.29 is 37.4 Å². The van der Waals surface area contributed by atoms with Gasteiger partial charge in [0.2, 0.25) is 0 Å². The molecule has 1 fully saturated rings. The molecule has 0 aliphatic heterocycles. The van der Waals surface area contributed by atoms with Crippen LogP contribution in [-0.2, 0) is 28.7 Å². The second kappa shape index (κ2) is 26.4. The molecule has 1 aliphatic carbocycles. The molecule has 0 heterocycles. The van der Waals surface area contributed by atoms with Gasteiger partial charge in [-0.3, -0.25) is 19.2 Å². The Morgan fingerprint density at radius 1 is 0.533 bits per heavy atom. The normalized spacial score (nSPS) is 16.3. The Bertz CT molecular complexity index is 852. The van der Waals surface area contributed by atoms with Gasteiger partial charge in [-0.15, -0.1) is 0 Å². The lowest BCUT2D eigenvalue weighted by Gasteiger charge is -2.05. The third-order valence-electron chi connectivity index (χ3n) is 7.81. The van der Waals surface area contributed by atoms with Gasteiger partial charge >= 0.3 is 11.9 Å². The van der Waals surface area contributed by atoms with Crippen LogP contribution in [0.15, 0.2) is 23.8 Å². The van der Waals surface area contributed by atoms with E-state index in [4.69, 9.17) is 9.47 Å². The first kappa shape index (κ1) is 40.2. The summed E-state index contributed by atoms with van der Waals surface area (Å²) in [6.45, 7) is 3.84. The first-order valence-corrected chi connectivity index (χ1v) is 17.3. The van der Waals surface area contributed by atoms with Crippen LogP contribution in [0.2, 0.25) is 0 Å². The summed E-state index contributed by atoms with van der Waals surface area (Å²) in [6.07, 6.45) is 22.9. The minimum atomic E-state index is -0.817. The average Bonchev–Trinajstić information content (AvgIpc) is 3.73. The van der Waals surface area contributed by atoms with Crippen LogP contribution in [0.4, 0.5) is 8.78 Å². The van der Waals surface area contributed by atoms with E-state index in [1.807, 2.05) is 0 Å². The number of amides is 2. The van der Waals surface area contributed by atoms with Crippen LogP contribution in [0, 0.1) is 0 Å². The van der Waals surface area contributed by atoms with Crippen LogP contribution in [0.25, 0.3) is 0 Å². The quantitative estimate of drug-likeness (QED) is 0.0510. The zero-order valence-corrected chi connectivity index (χ0v) is 27.8. The molecule has 2 N–H and O–H groups in total. The van der Waals surface area contributed by atoms with E-state index in [1.54, 1.807) is 0 Å². The number of rotatable bonds is 28. The van der Waals surface area contributed by atoms with Gasteiger partial charge in [0.15, 0.2) is 11.7 Å². The van der Waals surface area contributed by atoms with E-state index in [2.05, 4.69) is 10.6 Å². The summed E-state index contributed by atoms with van der Waals surface area (Å²) in [6, 6.07) is -0.770. The van der Waals surface area contributed by atoms with Crippen LogP contribution in [-0.4, -0.2) is 49.1 Å². The van der Waals surface area contributed by atoms with Crippen molar-refractivity contribution in [3.8, 4) is 0 Å². The topological polar surface area (TPSA) is 111 Å². The molecule has 0 radical (unpaired) electrons. The second-order valence-corrected chi connectivity index (χ2v) is 12.1. The summed E-state index contributed by atoms with van der Waals surface area (Å²) in [5.41, 5.74) is 0. The molecule has 1 rings (SSSR count). The summed E-state index contributed by atoms with van der Waals surface area (Å²) >= 11 is 0. The number of hydrogen-bond donors (Lipinski definition) is 2. The van der Waals surface area contributed by atoms with Crippen LogP contribution in [0.3, 0.4) is 0 Å². The van der Waals surface area contributed by atoms with E-state index < -0.39 is 23.5 Å². The van der Waals surface area contributed by atoms with Crippen molar-refractivity contribution in [1.29, 1.82) is 0 Å². The molecule has 0 aromatic carbocycles. The van der Waals surface area contributed by atoms with Gasteiger partial charge in [0.05, 0.1) is 25.3 Å². The van der Waals surface area contributed by atoms with Gasteiger partial charge in [-0.2, -0.15) is 0 Å². The Morgan fingerprint density at radius 3 is 1.13 bits per heavy atom. The van der Waals surface area contributed by atoms with Crippen LogP contribution in [0.1, 0.15) is 149 Å². The molecular weight excluding hydrogens is 582 g/mol. The third kappa shape index (κ3) is 24.2. The number of ether oxygens (including phenoxy) is 2. The van der Waals surface area contributed by atoms with Gasteiger partial charge in [-0.05, 0) is 57.1 Å². The fourth-order valence-electron chi connectivity index (χ4n) is 5.03.